The summed E-state index contributed by atoms with van der Waals surface area (Å²) in [5, 5.41) is 41.5. The van der Waals surface area contributed by atoms with E-state index in [1.54, 1.807) is 72.8 Å². The van der Waals surface area contributed by atoms with Gasteiger partial charge in [-0.15, -0.1) is 0 Å². The molecule has 2 heterocycles. The number of esters is 4. The minimum atomic E-state index is -2.72. The van der Waals surface area contributed by atoms with E-state index < -0.39 is 112 Å². The van der Waals surface area contributed by atoms with Crippen molar-refractivity contribution in [3.8, 4) is 0 Å². The molecule has 0 radical (unpaired) electrons. The van der Waals surface area contributed by atoms with Gasteiger partial charge >= 0.3 is 23.9 Å². The Morgan fingerprint density at radius 2 is 1.50 bits per heavy atom. The first-order chi connectivity index (χ1) is 32.3. The van der Waals surface area contributed by atoms with Crippen molar-refractivity contribution in [3.63, 3.8) is 0 Å². The molecule has 17 nitrogen and oxygen atoms in total. The number of Topliss-reactive ketones (excluding diaryl/α,β-unsaturated/α-hetero) is 1. The second-order valence-electron chi connectivity index (χ2n) is 18.7. The number of nitrogens with one attached hydrogen (secondary N) is 1. The molecule has 1 amide bonds. The molecule has 0 unspecified atom stereocenters. The number of carbonyl (C=O) groups excluding carboxylic acids is 6. The first-order valence-electron chi connectivity index (χ1n) is 22.4. The lowest BCUT2D eigenvalue weighted by Crippen LogP contribution is -2.83. The Morgan fingerprint density at radius 1 is 0.838 bits per heavy atom. The van der Waals surface area contributed by atoms with Crippen molar-refractivity contribution in [2.24, 2.45) is 16.7 Å². The van der Waals surface area contributed by atoms with Crippen molar-refractivity contribution in [3.05, 3.63) is 131 Å². The summed E-state index contributed by atoms with van der Waals surface area (Å²) >= 11 is 0. The summed E-state index contributed by atoms with van der Waals surface area (Å²) in [6.07, 6.45) is -9.93. The summed E-state index contributed by atoms with van der Waals surface area (Å²) in [5.41, 5.74) is -7.68. The zero-order chi connectivity index (χ0) is 48.9. The quantitative estimate of drug-likeness (QED) is 0.162. The summed E-state index contributed by atoms with van der Waals surface area (Å²) in [6.45, 7) is 7.24. The molecule has 0 aromatic heterocycles. The number of fused-ring (bicyclic) bond motifs is 8. The average Bonchev–Trinajstić information content (AvgIpc) is 3.30. The number of amides is 1. The van der Waals surface area contributed by atoms with Gasteiger partial charge in [0.1, 0.15) is 30.5 Å². The Kier molecular flexibility index (Phi) is 13.0. The van der Waals surface area contributed by atoms with Gasteiger partial charge in [-0.1, -0.05) is 80.6 Å². The number of hydrogen-bond donors (Lipinski definition) is 4. The van der Waals surface area contributed by atoms with Gasteiger partial charge in [0.25, 0.3) is 5.91 Å². The maximum Gasteiger partial charge on any atom is 0.338 e. The van der Waals surface area contributed by atoms with Crippen LogP contribution >= 0.6 is 0 Å². The third-order valence-electron chi connectivity index (χ3n) is 14.5. The van der Waals surface area contributed by atoms with Gasteiger partial charge in [0.05, 0.1) is 48.5 Å². The number of hydrogen-bond acceptors (Lipinski definition) is 16. The van der Waals surface area contributed by atoms with Gasteiger partial charge in [-0.05, 0) is 54.8 Å². The molecular weight excluding hydrogens is 883 g/mol. The molecule has 2 aliphatic heterocycles. The van der Waals surface area contributed by atoms with Crippen LogP contribution in [0.3, 0.4) is 0 Å². The highest BCUT2D eigenvalue weighted by Gasteiger charge is 2.80. The van der Waals surface area contributed by atoms with Crippen LogP contribution in [0.25, 0.3) is 0 Å². The number of ether oxygens (including phenoxy) is 7. The molecule has 360 valence electrons. The number of aliphatic hydroxyl groups excluding tert-OH is 2. The molecule has 3 aromatic rings. The molecule has 17 heteroatoms. The van der Waals surface area contributed by atoms with Crippen LogP contribution in [-0.4, -0.2) is 118 Å². The van der Waals surface area contributed by atoms with Gasteiger partial charge in [-0.2, -0.15) is 0 Å². The zero-order valence-corrected chi connectivity index (χ0v) is 38.4. The van der Waals surface area contributed by atoms with Crippen molar-refractivity contribution < 1.29 is 77.2 Å². The van der Waals surface area contributed by atoms with Crippen LogP contribution in [0.5, 0.6) is 0 Å². The summed E-state index contributed by atoms with van der Waals surface area (Å²) in [5.74, 6) is -7.31. The van der Waals surface area contributed by atoms with Gasteiger partial charge < -0.3 is 53.8 Å². The Morgan fingerprint density at radius 3 is 2.15 bits per heavy atom. The SMILES string of the molecule is CC(=O)O[C@H]1C(=O)[C@@]2(C)[C@H]([C@H](OC(=O)c3ccccc3)[C@]3(O)[C@H]4OC/C=C/OCc5ccccc5C(=O)N[C@@H](c5ccccc5)[C@@H](O)C(=O)O[C@@H]4C(C)=C1C3(C)C)[C@]1(OC(C)=O)CO[C@@H]1C[C@@H]2O. The number of aliphatic hydroxyl groups is 3. The van der Waals surface area contributed by atoms with Crippen LogP contribution in [0, 0.1) is 16.7 Å². The molecule has 2 saturated carbocycles. The highest BCUT2D eigenvalue weighted by molar-refractivity contribution is 5.97. The molecule has 3 aromatic carbocycles. The summed E-state index contributed by atoms with van der Waals surface area (Å²) < 4.78 is 43.4. The van der Waals surface area contributed by atoms with E-state index in [1.807, 2.05) is 0 Å². The minimum Gasteiger partial charge on any atom is -0.497 e. The highest BCUT2D eigenvalue weighted by atomic mass is 16.6. The van der Waals surface area contributed by atoms with E-state index in [1.165, 1.54) is 52.2 Å². The van der Waals surface area contributed by atoms with E-state index in [0.717, 1.165) is 13.8 Å². The summed E-state index contributed by atoms with van der Waals surface area (Å²) in [7, 11) is 0. The Hall–Kier alpha value is -6.24. The lowest BCUT2D eigenvalue weighted by molar-refractivity contribution is -0.353. The van der Waals surface area contributed by atoms with Crippen molar-refractivity contribution in [2.45, 2.75) is 115 Å². The lowest BCUT2D eigenvalue weighted by atomic mass is 9.44. The average molecular weight is 938 g/mol. The van der Waals surface area contributed by atoms with E-state index in [4.69, 9.17) is 33.2 Å². The Bertz CT molecular complexity index is 2540. The normalized spacial score (nSPS) is 35.0. The van der Waals surface area contributed by atoms with Crippen LogP contribution < -0.4 is 5.32 Å². The fourth-order valence-electron chi connectivity index (χ4n) is 11.2. The second kappa shape index (κ2) is 18.3. The smallest absolute Gasteiger partial charge is 0.338 e. The molecule has 68 heavy (non-hydrogen) atoms. The van der Waals surface area contributed by atoms with Gasteiger partial charge in [0.15, 0.2) is 29.7 Å². The molecule has 8 rings (SSSR count). The predicted octanol–water partition coefficient (Wildman–Crippen LogP) is 3.77. The fraction of sp³-hybridized carbons (Fsp3) is 0.451. The predicted molar refractivity (Wildman–Crippen MR) is 237 cm³/mol. The third kappa shape index (κ3) is 7.89. The van der Waals surface area contributed by atoms with Crippen LogP contribution in [0.1, 0.15) is 85.8 Å². The van der Waals surface area contributed by atoms with E-state index in [9.17, 15) is 39.3 Å². The molecule has 2 bridgehead atoms. The number of benzene rings is 3. The first kappa shape index (κ1) is 48.2. The van der Waals surface area contributed by atoms with Gasteiger partial charge in [-0.3, -0.25) is 19.2 Å². The first-order valence-corrected chi connectivity index (χ1v) is 22.4. The Balaban J connectivity index is 1.39. The van der Waals surface area contributed by atoms with Crippen molar-refractivity contribution in [1.29, 1.82) is 0 Å². The van der Waals surface area contributed by atoms with Crippen molar-refractivity contribution >= 4 is 35.6 Å². The topological polar surface area (TPSA) is 240 Å². The zero-order valence-electron chi connectivity index (χ0n) is 38.4. The summed E-state index contributed by atoms with van der Waals surface area (Å²) in [6, 6.07) is 21.1. The van der Waals surface area contributed by atoms with Gasteiger partial charge in [0.2, 0.25) is 0 Å². The van der Waals surface area contributed by atoms with E-state index in [0.29, 0.717) is 11.1 Å². The standard InChI is InChI=1S/C51H55NO16/c1-27-36-40(65-28(2)53)42(57)49(6)34(55)24-35-50(26-64-35,68-29(3)54)41(49)44(67-46(59)31-18-11-8-12-19-31)51(61,48(36,4)5)43-39(27)66-47(60)38(56)37(30-16-9-7-10-17-30)52-45(58)33-21-14-13-20-32(33)25-62-22-15-23-63-43/h7-22,34-35,37-41,43-44,55-56,61H,23-26H2,1-6H3,(H,52,58)/b22-15+/t34-,35+,37-,38+,39+,40+,41-,43-,44-,49+,50-,51+/m0/s1. The van der Waals surface area contributed by atoms with Crippen LogP contribution in [0.4, 0.5) is 0 Å². The van der Waals surface area contributed by atoms with Crippen molar-refractivity contribution in [2.75, 3.05) is 13.2 Å². The molecule has 5 aliphatic rings. The largest absolute Gasteiger partial charge is 0.497 e. The molecular formula is C51H55NO16. The maximum absolute atomic E-state index is 15.8. The van der Waals surface area contributed by atoms with Gasteiger partial charge in [-0.25, -0.2) is 9.59 Å². The van der Waals surface area contributed by atoms with Crippen LogP contribution in [0.2, 0.25) is 0 Å². The summed E-state index contributed by atoms with van der Waals surface area (Å²) in [4.78, 5) is 85.6. The second-order valence-corrected chi connectivity index (χ2v) is 18.7. The van der Waals surface area contributed by atoms with Crippen LogP contribution in [0.15, 0.2) is 108 Å². The molecule has 1 saturated heterocycles. The molecule has 12 atom stereocenters. The van der Waals surface area contributed by atoms with Crippen LogP contribution in [-0.2, 0) is 58.9 Å². The van der Waals surface area contributed by atoms with E-state index >= 15 is 4.79 Å². The maximum atomic E-state index is 15.8. The minimum absolute atomic E-state index is 0.0181. The van der Waals surface area contributed by atoms with E-state index in [2.05, 4.69) is 5.32 Å². The number of ketones is 1. The van der Waals surface area contributed by atoms with Gasteiger partial charge in [0, 0.05) is 36.8 Å². The molecule has 4 N–H and O–H groups in total. The lowest BCUT2D eigenvalue weighted by Gasteiger charge is -2.68. The fourth-order valence-corrected chi connectivity index (χ4v) is 11.2. The number of carbonyl (C=O) groups is 6. The monoisotopic (exact) mass is 937 g/mol. The molecule has 3 aliphatic carbocycles. The number of rotatable bonds is 5. The third-order valence-corrected chi connectivity index (χ3v) is 14.5. The van der Waals surface area contributed by atoms with E-state index in [-0.39, 0.29) is 48.5 Å². The molecule has 3 fully saturated rings. The molecule has 0 spiro atoms. The Labute approximate surface area is 392 Å². The van der Waals surface area contributed by atoms with Crippen molar-refractivity contribution in [1.82, 2.24) is 5.32 Å². The highest BCUT2D eigenvalue weighted by Crippen LogP contribution is 2.65.